The number of carbonyl (C=O) groups is 1. The van der Waals surface area contributed by atoms with Crippen molar-refractivity contribution in [3.8, 4) is 5.75 Å². The average molecular weight is 370 g/mol. The molecule has 0 aliphatic heterocycles. The number of ketones is 1. The number of halogens is 1. The fourth-order valence-electron chi connectivity index (χ4n) is 2.17. The lowest BCUT2D eigenvalue weighted by Crippen LogP contribution is -2.16. The number of ether oxygens (including phenoxy) is 1. The molecule has 0 aliphatic rings. The summed E-state index contributed by atoms with van der Waals surface area (Å²) < 4.78 is 5.12. The van der Waals surface area contributed by atoms with Gasteiger partial charge in [0.25, 0.3) is 0 Å². The van der Waals surface area contributed by atoms with Gasteiger partial charge < -0.3 is 15.4 Å². The second-order valence-electron chi connectivity index (χ2n) is 5.25. The van der Waals surface area contributed by atoms with Gasteiger partial charge in [0.15, 0.2) is 5.78 Å². The highest BCUT2D eigenvalue weighted by Crippen LogP contribution is 2.19. The Bertz CT molecular complexity index is 888. The first kappa shape index (κ1) is 17.6. The Labute approximate surface area is 155 Å². The third-order valence-corrected chi connectivity index (χ3v) is 3.63. The summed E-state index contributed by atoms with van der Waals surface area (Å²) in [5, 5.41) is 5.92. The van der Waals surface area contributed by atoms with Crippen molar-refractivity contribution in [3.05, 3.63) is 65.4 Å². The molecule has 2 N–H and O–H groups in total. The Morgan fingerprint density at radius 2 is 1.69 bits per heavy atom. The quantitative estimate of drug-likeness (QED) is 0.615. The first-order valence-electron chi connectivity index (χ1n) is 7.79. The Morgan fingerprint density at radius 1 is 1.00 bits per heavy atom. The maximum atomic E-state index is 12.1. The van der Waals surface area contributed by atoms with Gasteiger partial charge in [0.2, 0.25) is 17.2 Å². The van der Waals surface area contributed by atoms with Crippen LogP contribution in [0, 0.1) is 0 Å². The summed E-state index contributed by atoms with van der Waals surface area (Å²) in [4.78, 5) is 24.4. The number of hydrogen-bond acceptors (Lipinski definition) is 7. The van der Waals surface area contributed by atoms with Gasteiger partial charge in [-0.05, 0) is 35.9 Å². The molecule has 0 fully saturated rings. The van der Waals surface area contributed by atoms with Crippen molar-refractivity contribution >= 4 is 35.0 Å². The van der Waals surface area contributed by atoms with E-state index >= 15 is 0 Å². The zero-order valence-electron chi connectivity index (χ0n) is 13.9. The van der Waals surface area contributed by atoms with E-state index in [1.54, 1.807) is 19.2 Å². The monoisotopic (exact) mass is 369 g/mol. The Hall–Kier alpha value is -3.19. The molecule has 0 unspecified atom stereocenters. The molecule has 0 bridgehead atoms. The van der Waals surface area contributed by atoms with E-state index in [9.17, 15) is 4.79 Å². The third kappa shape index (κ3) is 4.67. The van der Waals surface area contributed by atoms with Crippen molar-refractivity contribution < 1.29 is 9.53 Å². The summed E-state index contributed by atoms with van der Waals surface area (Å²) in [7, 11) is 1.60. The molecule has 0 spiro atoms. The second-order valence-corrected chi connectivity index (χ2v) is 5.59. The predicted molar refractivity (Wildman–Crippen MR) is 100 cm³/mol. The normalized spacial score (nSPS) is 10.2. The SMILES string of the molecule is COc1ccc(Nc2nc(Cl)nc(NCC(=O)c3ccccc3)n2)cc1. The van der Waals surface area contributed by atoms with Crippen molar-refractivity contribution in [1.82, 2.24) is 15.0 Å². The molecule has 1 heterocycles. The summed E-state index contributed by atoms with van der Waals surface area (Å²) in [5.41, 5.74) is 1.37. The first-order chi connectivity index (χ1) is 12.6. The maximum Gasteiger partial charge on any atom is 0.233 e. The fraction of sp³-hybridized carbons (Fsp3) is 0.111. The van der Waals surface area contributed by atoms with E-state index in [4.69, 9.17) is 16.3 Å². The number of nitrogens with zero attached hydrogens (tertiary/aromatic N) is 3. The summed E-state index contributed by atoms with van der Waals surface area (Å²) in [6.07, 6.45) is 0. The van der Waals surface area contributed by atoms with E-state index in [0.29, 0.717) is 5.56 Å². The second kappa shape index (κ2) is 8.26. The molecular weight excluding hydrogens is 354 g/mol. The van der Waals surface area contributed by atoms with Crippen LogP contribution in [0.1, 0.15) is 10.4 Å². The van der Waals surface area contributed by atoms with Crippen LogP contribution in [-0.4, -0.2) is 34.4 Å². The standard InChI is InChI=1S/C18H16ClN5O2/c1-26-14-9-7-13(8-10-14)21-18-23-16(19)22-17(24-18)20-11-15(25)12-5-3-2-4-6-12/h2-10H,11H2,1H3,(H2,20,21,22,23,24). The minimum absolute atomic E-state index is 0.0191. The van der Waals surface area contributed by atoms with E-state index in [2.05, 4.69) is 25.6 Å². The van der Waals surface area contributed by atoms with Gasteiger partial charge in [-0.15, -0.1) is 0 Å². The van der Waals surface area contributed by atoms with Gasteiger partial charge in [0.1, 0.15) is 5.75 Å². The minimum atomic E-state index is -0.0770. The molecule has 0 radical (unpaired) electrons. The van der Waals surface area contributed by atoms with Crippen LogP contribution in [0.15, 0.2) is 54.6 Å². The fourth-order valence-corrected chi connectivity index (χ4v) is 2.33. The number of Topliss-reactive ketones (excluding diaryl/α,β-unsaturated/α-hetero) is 1. The van der Waals surface area contributed by atoms with Crippen LogP contribution in [0.25, 0.3) is 0 Å². The molecule has 0 amide bonds. The zero-order chi connectivity index (χ0) is 18.4. The maximum absolute atomic E-state index is 12.1. The molecule has 0 aliphatic carbocycles. The summed E-state index contributed by atoms with van der Waals surface area (Å²) in [5.74, 6) is 1.15. The number of hydrogen-bond donors (Lipinski definition) is 2. The molecule has 3 rings (SSSR count). The van der Waals surface area contributed by atoms with E-state index in [0.717, 1.165) is 11.4 Å². The van der Waals surface area contributed by atoms with Crippen LogP contribution < -0.4 is 15.4 Å². The van der Waals surface area contributed by atoms with Gasteiger partial charge in [-0.1, -0.05) is 30.3 Å². The van der Waals surface area contributed by atoms with Crippen LogP contribution in [0.2, 0.25) is 5.28 Å². The van der Waals surface area contributed by atoms with Crippen molar-refractivity contribution in [2.75, 3.05) is 24.3 Å². The number of aromatic nitrogens is 3. The third-order valence-electron chi connectivity index (χ3n) is 3.46. The van der Waals surface area contributed by atoms with Crippen LogP contribution in [-0.2, 0) is 0 Å². The number of anilines is 3. The predicted octanol–water partition coefficient (Wildman–Crippen LogP) is 3.57. The molecule has 0 atom stereocenters. The van der Waals surface area contributed by atoms with Gasteiger partial charge in [0, 0.05) is 11.3 Å². The van der Waals surface area contributed by atoms with Gasteiger partial charge in [-0.25, -0.2) is 0 Å². The largest absolute Gasteiger partial charge is 0.497 e. The molecule has 3 aromatic rings. The lowest BCUT2D eigenvalue weighted by Gasteiger charge is -2.09. The Kier molecular flexibility index (Phi) is 5.60. The summed E-state index contributed by atoms with van der Waals surface area (Å²) in [6, 6.07) is 16.2. The van der Waals surface area contributed by atoms with Crippen molar-refractivity contribution in [2.24, 2.45) is 0 Å². The lowest BCUT2D eigenvalue weighted by molar-refractivity contribution is 0.101. The summed E-state index contributed by atoms with van der Waals surface area (Å²) in [6.45, 7) is 0.0479. The molecule has 1 aromatic heterocycles. The van der Waals surface area contributed by atoms with Crippen LogP contribution in [0.5, 0.6) is 5.75 Å². The van der Waals surface area contributed by atoms with E-state index in [1.165, 1.54) is 0 Å². The molecule has 2 aromatic carbocycles. The smallest absolute Gasteiger partial charge is 0.233 e. The van der Waals surface area contributed by atoms with E-state index in [-0.39, 0.29) is 29.5 Å². The highest BCUT2D eigenvalue weighted by atomic mass is 35.5. The highest BCUT2D eigenvalue weighted by Gasteiger charge is 2.09. The first-order valence-corrected chi connectivity index (χ1v) is 8.16. The van der Waals surface area contributed by atoms with E-state index in [1.807, 2.05) is 42.5 Å². The van der Waals surface area contributed by atoms with Gasteiger partial charge in [0.05, 0.1) is 13.7 Å². The van der Waals surface area contributed by atoms with E-state index < -0.39 is 0 Å². The van der Waals surface area contributed by atoms with Crippen LogP contribution in [0.4, 0.5) is 17.6 Å². The molecular formula is C18H16ClN5O2. The minimum Gasteiger partial charge on any atom is -0.497 e. The number of methoxy groups -OCH3 is 1. The number of carbonyl (C=O) groups excluding carboxylic acids is 1. The summed E-state index contributed by atoms with van der Waals surface area (Å²) >= 11 is 5.95. The van der Waals surface area contributed by atoms with Gasteiger partial charge >= 0.3 is 0 Å². The number of nitrogens with one attached hydrogen (secondary N) is 2. The Morgan fingerprint density at radius 3 is 2.38 bits per heavy atom. The number of benzene rings is 2. The van der Waals surface area contributed by atoms with Crippen LogP contribution in [0.3, 0.4) is 0 Å². The molecule has 26 heavy (non-hydrogen) atoms. The van der Waals surface area contributed by atoms with Crippen molar-refractivity contribution in [3.63, 3.8) is 0 Å². The van der Waals surface area contributed by atoms with Gasteiger partial charge in [-0.3, -0.25) is 4.79 Å². The molecule has 8 heteroatoms. The van der Waals surface area contributed by atoms with Crippen molar-refractivity contribution in [2.45, 2.75) is 0 Å². The number of rotatable bonds is 7. The van der Waals surface area contributed by atoms with Crippen LogP contribution >= 0.6 is 11.6 Å². The van der Waals surface area contributed by atoms with Crippen molar-refractivity contribution in [1.29, 1.82) is 0 Å². The molecule has 132 valence electrons. The topological polar surface area (TPSA) is 89.0 Å². The van der Waals surface area contributed by atoms with Gasteiger partial charge in [-0.2, -0.15) is 15.0 Å². The Balaban J connectivity index is 1.68. The molecule has 0 saturated heterocycles. The highest BCUT2D eigenvalue weighted by molar-refractivity contribution is 6.28. The zero-order valence-corrected chi connectivity index (χ0v) is 14.7. The lowest BCUT2D eigenvalue weighted by atomic mass is 10.1. The average Bonchev–Trinajstić information content (AvgIpc) is 2.67. The molecule has 7 nitrogen and oxygen atoms in total. The molecule has 0 saturated carbocycles.